The molecule has 2 aromatic carbocycles. The Morgan fingerprint density at radius 2 is 1.85 bits per heavy atom. The van der Waals surface area contributed by atoms with Crippen molar-refractivity contribution >= 4 is 27.5 Å². The van der Waals surface area contributed by atoms with E-state index in [4.69, 9.17) is 5.26 Å². The van der Waals surface area contributed by atoms with E-state index in [1.54, 1.807) is 18.2 Å². The molecule has 0 saturated carbocycles. The maximum absolute atomic E-state index is 12.4. The maximum atomic E-state index is 12.4. The van der Waals surface area contributed by atoms with Crippen molar-refractivity contribution in [2.45, 2.75) is 13.8 Å². The van der Waals surface area contributed by atoms with Gasteiger partial charge in [0.2, 0.25) is 0 Å². The Labute approximate surface area is 126 Å². The van der Waals surface area contributed by atoms with Crippen LogP contribution in [-0.2, 0) is 0 Å². The second kappa shape index (κ2) is 5.89. The number of aryl methyl sites for hydroxylation is 2. The van der Waals surface area contributed by atoms with Crippen LogP contribution in [0.5, 0.6) is 0 Å². The molecule has 0 radical (unpaired) electrons. The molecule has 0 unspecified atom stereocenters. The van der Waals surface area contributed by atoms with Crippen molar-refractivity contribution in [3.63, 3.8) is 0 Å². The van der Waals surface area contributed by atoms with Gasteiger partial charge in [-0.15, -0.1) is 0 Å². The molecule has 0 fully saturated rings. The standard InChI is InChI=1S/C16H13BrN2O/c1-10-4-3-5-11(2)15(10)16(20)19-14-7-6-12(9-18)8-13(14)17/h3-8H,1-2H3,(H,19,20). The predicted molar refractivity (Wildman–Crippen MR) is 82.7 cm³/mol. The summed E-state index contributed by atoms with van der Waals surface area (Å²) in [6.45, 7) is 3.82. The van der Waals surface area contributed by atoms with Gasteiger partial charge in [-0.3, -0.25) is 4.79 Å². The maximum Gasteiger partial charge on any atom is 0.256 e. The summed E-state index contributed by atoms with van der Waals surface area (Å²) in [5.41, 5.74) is 3.75. The molecule has 4 heteroatoms. The van der Waals surface area contributed by atoms with Crippen LogP contribution in [0.1, 0.15) is 27.0 Å². The molecule has 2 aromatic rings. The van der Waals surface area contributed by atoms with Crippen molar-refractivity contribution in [1.82, 2.24) is 0 Å². The van der Waals surface area contributed by atoms with Crippen molar-refractivity contribution in [3.05, 3.63) is 63.1 Å². The summed E-state index contributed by atoms with van der Waals surface area (Å²) in [7, 11) is 0. The number of hydrogen-bond acceptors (Lipinski definition) is 2. The largest absolute Gasteiger partial charge is 0.321 e. The highest BCUT2D eigenvalue weighted by atomic mass is 79.9. The fraction of sp³-hybridized carbons (Fsp3) is 0.125. The molecular formula is C16H13BrN2O. The van der Waals surface area contributed by atoms with Crippen molar-refractivity contribution in [2.24, 2.45) is 0 Å². The second-order valence-electron chi connectivity index (χ2n) is 4.53. The van der Waals surface area contributed by atoms with Crippen LogP contribution < -0.4 is 5.32 Å². The fourth-order valence-electron chi connectivity index (χ4n) is 2.04. The third-order valence-electron chi connectivity index (χ3n) is 3.05. The van der Waals surface area contributed by atoms with Gasteiger partial charge in [0, 0.05) is 10.0 Å². The lowest BCUT2D eigenvalue weighted by Crippen LogP contribution is -2.15. The van der Waals surface area contributed by atoms with Gasteiger partial charge in [0.15, 0.2) is 0 Å². The first-order valence-corrected chi connectivity index (χ1v) is 6.89. The Bertz CT molecular complexity index is 697. The molecule has 0 aliphatic carbocycles. The van der Waals surface area contributed by atoms with Gasteiger partial charge in [0.1, 0.15) is 0 Å². The van der Waals surface area contributed by atoms with E-state index in [0.29, 0.717) is 21.3 Å². The van der Waals surface area contributed by atoms with Gasteiger partial charge in [0.05, 0.1) is 17.3 Å². The minimum absolute atomic E-state index is 0.147. The van der Waals surface area contributed by atoms with Crippen LogP contribution in [0.15, 0.2) is 40.9 Å². The Morgan fingerprint density at radius 3 is 2.40 bits per heavy atom. The SMILES string of the molecule is Cc1cccc(C)c1C(=O)Nc1ccc(C#N)cc1Br. The third-order valence-corrected chi connectivity index (χ3v) is 3.71. The van der Waals surface area contributed by atoms with E-state index in [2.05, 4.69) is 27.3 Å². The number of carbonyl (C=O) groups excluding carboxylic acids is 1. The lowest BCUT2D eigenvalue weighted by atomic mass is 10.0. The van der Waals surface area contributed by atoms with Gasteiger partial charge in [0.25, 0.3) is 5.91 Å². The highest BCUT2D eigenvalue weighted by molar-refractivity contribution is 9.10. The number of nitriles is 1. The normalized spacial score (nSPS) is 9.90. The highest BCUT2D eigenvalue weighted by Crippen LogP contribution is 2.25. The summed E-state index contributed by atoms with van der Waals surface area (Å²) in [5, 5.41) is 11.7. The molecule has 1 amide bonds. The second-order valence-corrected chi connectivity index (χ2v) is 5.38. The summed E-state index contributed by atoms with van der Waals surface area (Å²) in [6.07, 6.45) is 0. The van der Waals surface area contributed by atoms with Gasteiger partial charge in [-0.1, -0.05) is 18.2 Å². The first kappa shape index (κ1) is 14.3. The van der Waals surface area contributed by atoms with Crippen LogP contribution >= 0.6 is 15.9 Å². The summed E-state index contributed by atoms with van der Waals surface area (Å²) in [6, 6.07) is 12.9. The monoisotopic (exact) mass is 328 g/mol. The number of nitrogens with zero attached hydrogens (tertiary/aromatic N) is 1. The van der Waals surface area contributed by atoms with Gasteiger partial charge in [-0.2, -0.15) is 5.26 Å². The first-order chi connectivity index (χ1) is 9.52. The molecule has 0 saturated heterocycles. The number of hydrogen-bond donors (Lipinski definition) is 1. The van der Waals surface area contributed by atoms with E-state index in [0.717, 1.165) is 11.1 Å². The number of amides is 1. The molecular weight excluding hydrogens is 316 g/mol. The number of nitrogens with one attached hydrogen (secondary N) is 1. The van der Waals surface area contributed by atoms with Gasteiger partial charge in [-0.05, 0) is 59.1 Å². The van der Waals surface area contributed by atoms with Crippen LogP contribution in [0.3, 0.4) is 0 Å². The summed E-state index contributed by atoms with van der Waals surface area (Å²) < 4.78 is 0.691. The van der Waals surface area contributed by atoms with E-state index in [1.165, 1.54) is 0 Å². The number of benzene rings is 2. The van der Waals surface area contributed by atoms with Crippen LogP contribution in [0.2, 0.25) is 0 Å². The molecule has 0 aromatic heterocycles. The minimum Gasteiger partial charge on any atom is -0.321 e. The molecule has 0 bridgehead atoms. The fourth-order valence-corrected chi connectivity index (χ4v) is 2.52. The molecule has 3 nitrogen and oxygen atoms in total. The van der Waals surface area contributed by atoms with Gasteiger partial charge in [-0.25, -0.2) is 0 Å². The van der Waals surface area contributed by atoms with E-state index >= 15 is 0 Å². The molecule has 0 spiro atoms. The van der Waals surface area contributed by atoms with Gasteiger partial charge < -0.3 is 5.32 Å². The molecule has 0 aliphatic rings. The number of anilines is 1. The van der Waals surface area contributed by atoms with Gasteiger partial charge >= 0.3 is 0 Å². The molecule has 20 heavy (non-hydrogen) atoms. The Kier molecular flexibility index (Phi) is 4.21. The predicted octanol–water partition coefficient (Wildman–Crippen LogP) is 4.19. The first-order valence-electron chi connectivity index (χ1n) is 6.10. The average molecular weight is 329 g/mol. The van der Waals surface area contributed by atoms with Crippen molar-refractivity contribution in [3.8, 4) is 6.07 Å². The zero-order chi connectivity index (χ0) is 14.7. The summed E-state index contributed by atoms with van der Waals surface area (Å²) in [5.74, 6) is -0.147. The number of rotatable bonds is 2. The molecule has 0 aliphatic heterocycles. The lowest BCUT2D eigenvalue weighted by Gasteiger charge is -2.11. The Morgan fingerprint density at radius 1 is 1.20 bits per heavy atom. The van der Waals surface area contributed by atoms with Crippen LogP contribution in [0, 0.1) is 25.2 Å². The lowest BCUT2D eigenvalue weighted by molar-refractivity contribution is 0.102. The minimum atomic E-state index is -0.147. The third kappa shape index (κ3) is 2.89. The van der Waals surface area contributed by atoms with Crippen molar-refractivity contribution in [1.29, 1.82) is 5.26 Å². The number of halogens is 1. The van der Waals surface area contributed by atoms with Crippen molar-refractivity contribution in [2.75, 3.05) is 5.32 Å². The molecule has 0 atom stereocenters. The van der Waals surface area contributed by atoms with Crippen molar-refractivity contribution < 1.29 is 4.79 Å². The van der Waals surface area contributed by atoms with E-state index in [9.17, 15) is 4.79 Å². The average Bonchev–Trinajstić information content (AvgIpc) is 2.41. The van der Waals surface area contributed by atoms with E-state index < -0.39 is 0 Å². The quantitative estimate of drug-likeness (QED) is 0.898. The smallest absolute Gasteiger partial charge is 0.256 e. The van der Waals surface area contributed by atoms with E-state index in [-0.39, 0.29) is 5.91 Å². The number of carbonyl (C=O) groups is 1. The Balaban J connectivity index is 2.31. The zero-order valence-corrected chi connectivity index (χ0v) is 12.8. The summed E-state index contributed by atoms with van der Waals surface area (Å²) >= 11 is 3.36. The molecule has 2 rings (SSSR count). The highest BCUT2D eigenvalue weighted by Gasteiger charge is 2.13. The summed E-state index contributed by atoms with van der Waals surface area (Å²) in [4.78, 5) is 12.4. The van der Waals surface area contributed by atoms with E-state index in [1.807, 2.05) is 32.0 Å². The zero-order valence-electron chi connectivity index (χ0n) is 11.2. The molecule has 0 heterocycles. The van der Waals surface area contributed by atoms with Crippen LogP contribution in [-0.4, -0.2) is 5.91 Å². The Hall–Kier alpha value is -2.12. The van der Waals surface area contributed by atoms with Crippen LogP contribution in [0.4, 0.5) is 5.69 Å². The molecule has 100 valence electrons. The molecule has 1 N–H and O–H groups in total. The topological polar surface area (TPSA) is 52.9 Å². The van der Waals surface area contributed by atoms with Crippen LogP contribution in [0.25, 0.3) is 0 Å².